The molecule has 0 aromatic carbocycles. The summed E-state index contributed by atoms with van der Waals surface area (Å²) in [6.07, 6.45) is 4.23. The molecule has 8 nitrogen and oxygen atoms in total. The summed E-state index contributed by atoms with van der Waals surface area (Å²) in [4.78, 5) is 10.2. The third-order valence-electron chi connectivity index (χ3n) is 3.73. The van der Waals surface area contributed by atoms with Crippen molar-refractivity contribution in [2.75, 3.05) is 5.43 Å². The van der Waals surface area contributed by atoms with E-state index in [4.69, 9.17) is 5.84 Å². The van der Waals surface area contributed by atoms with E-state index in [1.807, 2.05) is 6.92 Å². The fourth-order valence-electron chi connectivity index (χ4n) is 2.59. The lowest BCUT2D eigenvalue weighted by Gasteiger charge is -2.19. The standard InChI is InChI=1S/C11H18N4O4S2/c1-7(8-4-2-3-5-8)14-21(18,19)10-6-9(15(16)17)11(13-12)20-10/h6-8,13-14H,2-5,12H2,1H3. The van der Waals surface area contributed by atoms with E-state index in [0.717, 1.165) is 43.1 Å². The summed E-state index contributed by atoms with van der Waals surface area (Å²) in [5.41, 5.74) is 1.83. The van der Waals surface area contributed by atoms with Crippen molar-refractivity contribution in [3.8, 4) is 0 Å². The highest BCUT2D eigenvalue weighted by Crippen LogP contribution is 2.36. The van der Waals surface area contributed by atoms with Gasteiger partial charge in [-0.25, -0.2) is 19.0 Å². The van der Waals surface area contributed by atoms with Crippen molar-refractivity contribution in [2.45, 2.75) is 42.9 Å². The maximum absolute atomic E-state index is 12.3. The van der Waals surface area contributed by atoms with Crippen LogP contribution in [0.2, 0.25) is 0 Å². The number of nitro groups is 1. The summed E-state index contributed by atoms with van der Waals surface area (Å²) < 4.78 is 27.1. The maximum atomic E-state index is 12.3. The summed E-state index contributed by atoms with van der Waals surface area (Å²) in [5, 5.41) is 10.9. The number of nitrogens with zero attached hydrogens (tertiary/aromatic N) is 1. The molecule has 21 heavy (non-hydrogen) atoms. The average molecular weight is 334 g/mol. The molecule has 0 bridgehead atoms. The summed E-state index contributed by atoms with van der Waals surface area (Å²) >= 11 is 0.751. The number of anilines is 1. The Morgan fingerprint density at radius 1 is 1.48 bits per heavy atom. The van der Waals surface area contributed by atoms with Crippen molar-refractivity contribution in [3.05, 3.63) is 16.2 Å². The summed E-state index contributed by atoms with van der Waals surface area (Å²) in [7, 11) is -3.77. The number of nitrogen functional groups attached to an aromatic ring is 1. The zero-order valence-corrected chi connectivity index (χ0v) is 13.2. The number of thiophene rings is 1. The van der Waals surface area contributed by atoms with Crippen molar-refractivity contribution >= 4 is 32.0 Å². The van der Waals surface area contributed by atoms with Crippen LogP contribution in [-0.4, -0.2) is 19.4 Å². The molecule has 1 aromatic rings. The Kier molecular flexibility index (Phi) is 4.81. The van der Waals surface area contributed by atoms with Gasteiger partial charge >= 0.3 is 5.69 Å². The molecular weight excluding hydrogens is 316 g/mol. The lowest BCUT2D eigenvalue weighted by atomic mass is 10.0. The van der Waals surface area contributed by atoms with E-state index in [9.17, 15) is 18.5 Å². The van der Waals surface area contributed by atoms with Crippen LogP contribution in [0.4, 0.5) is 10.7 Å². The molecule has 2 rings (SSSR count). The van der Waals surface area contributed by atoms with Gasteiger partial charge in [-0.15, -0.1) is 0 Å². The van der Waals surface area contributed by atoms with Crippen LogP contribution in [0.1, 0.15) is 32.6 Å². The predicted octanol–water partition coefficient (Wildman–Crippen LogP) is 1.80. The number of nitrogens with one attached hydrogen (secondary N) is 2. The van der Waals surface area contributed by atoms with Gasteiger partial charge in [0.05, 0.1) is 4.92 Å². The van der Waals surface area contributed by atoms with E-state index in [0.29, 0.717) is 5.92 Å². The van der Waals surface area contributed by atoms with E-state index in [1.54, 1.807) is 0 Å². The quantitative estimate of drug-likeness (QED) is 0.413. The number of hydrazine groups is 1. The summed E-state index contributed by atoms with van der Waals surface area (Å²) in [6.45, 7) is 1.83. The first-order valence-corrected chi connectivity index (χ1v) is 8.92. The molecule has 1 heterocycles. The van der Waals surface area contributed by atoms with Crippen LogP contribution in [0.25, 0.3) is 0 Å². The summed E-state index contributed by atoms with van der Waals surface area (Å²) in [5.74, 6) is 5.51. The first-order valence-electron chi connectivity index (χ1n) is 6.62. The second-order valence-corrected chi connectivity index (χ2v) is 8.13. The Morgan fingerprint density at radius 2 is 2.10 bits per heavy atom. The number of sulfonamides is 1. The largest absolute Gasteiger partial charge is 0.310 e. The second kappa shape index (κ2) is 6.26. The van der Waals surface area contributed by atoms with Crippen LogP contribution in [0, 0.1) is 16.0 Å². The highest BCUT2D eigenvalue weighted by atomic mass is 32.2. The molecule has 1 fully saturated rings. The van der Waals surface area contributed by atoms with Gasteiger partial charge in [-0.05, 0) is 25.7 Å². The smallest absolute Gasteiger partial charge is 0.306 e. The molecular formula is C11H18N4O4S2. The lowest BCUT2D eigenvalue weighted by molar-refractivity contribution is -0.383. The van der Waals surface area contributed by atoms with Gasteiger partial charge in [0.25, 0.3) is 10.0 Å². The minimum absolute atomic E-state index is 0.0221. The van der Waals surface area contributed by atoms with E-state index in [1.165, 1.54) is 0 Å². The Hall–Kier alpha value is -1.23. The van der Waals surface area contributed by atoms with Crippen molar-refractivity contribution in [1.82, 2.24) is 4.72 Å². The molecule has 0 saturated heterocycles. The van der Waals surface area contributed by atoms with Crippen LogP contribution >= 0.6 is 11.3 Å². The molecule has 1 aromatic heterocycles. The van der Waals surface area contributed by atoms with E-state index < -0.39 is 14.9 Å². The van der Waals surface area contributed by atoms with Gasteiger partial charge in [-0.3, -0.25) is 10.1 Å². The number of nitrogens with two attached hydrogens (primary N) is 1. The number of hydrogen-bond donors (Lipinski definition) is 3. The van der Waals surface area contributed by atoms with Crippen LogP contribution in [0.15, 0.2) is 10.3 Å². The monoisotopic (exact) mass is 334 g/mol. The topological polar surface area (TPSA) is 127 Å². The molecule has 0 radical (unpaired) electrons. The maximum Gasteiger partial charge on any atom is 0.306 e. The van der Waals surface area contributed by atoms with Crippen LogP contribution < -0.4 is 16.0 Å². The molecule has 1 aliphatic carbocycles. The van der Waals surface area contributed by atoms with Crippen molar-refractivity contribution in [1.29, 1.82) is 0 Å². The highest BCUT2D eigenvalue weighted by Gasteiger charge is 2.30. The van der Waals surface area contributed by atoms with Gasteiger partial charge in [0.2, 0.25) is 0 Å². The first-order chi connectivity index (χ1) is 9.85. The zero-order chi connectivity index (χ0) is 15.6. The number of hydrogen-bond acceptors (Lipinski definition) is 7. The molecule has 1 unspecified atom stereocenters. The van der Waals surface area contributed by atoms with Crippen molar-refractivity contribution in [2.24, 2.45) is 11.8 Å². The molecule has 1 aliphatic rings. The van der Waals surface area contributed by atoms with Crippen LogP contribution in [0.5, 0.6) is 0 Å². The normalized spacial score (nSPS) is 17.8. The molecule has 1 saturated carbocycles. The Balaban J connectivity index is 2.20. The molecule has 10 heteroatoms. The van der Waals surface area contributed by atoms with Gasteiger partial charge < -0.3 is 5.43 Å². The van der Waals surface area contributed by atoms with E-state index in [-0.39, 0.29) is 20.9 Å². The van der Waals surface area contributed by atoms with Gasteiger partial charge in [0.15, 0.2) is 5.00 Å². The fraction of sp³-hybridized carbons (Fsp3) is 0.636. The fourth-order valence-corrected chi connectivity index (χ4v) is 5.15. The minimum atomic E-state index is -3.77. The molecule has 0 aliphatic heterocycles. The van der Waals surface area contributed by atoms with Crippen molar-refractivity contribution < 1.29 is 13.3 Å². The molecule has 0 amide bonds. The molecule has 4 N–H and O–H groups in total. The SMILES string of the molecule is CC(NS(=O)(=O)c1cc([N+](=O)[O-])c(NN)s1)C1CCCC1. The molecule has 0 spiro atoms. The van der Waals surface area contributed by atoms with Crippen LogP contribution in [-0.2, 0) is 10.0 Å². The van der Waals surface area contributed by atoms with E-state index in [2.05, 4.69) is 10.1 Å². The zero-order valence-electron chi connectivity index (χ0n) is 11.5. The van der Waals surface area contributed by atoms with Gasteiger partial charge in [0.1, 0.15) is 4.21 Å². The highest BCUT2D eigenvalue weighted by molar-refractivity contribution is 7.91. The third-order valence-corrected chi connectivity index (χ3v) is 6.82. The minimum Gasteiger partial charge on any atom is -0.310 e. The van der Waals surface area contributed by atoms with Crippen molar-refractivity contribution in [3.63, 3.8) is 0 Å². The Labute approximate surface area is 126 Å². The predicted molar refractivity (Wildman–Crippen MR) is 80.5 cm³/mol. The van der Waals surface area contributed by atoms with Crippen LogP contribution in [0.3, 0.4) is 0 Å². The Morgan fingerprint density at radius 3 is 2.57 bits per heavy atom. The first kappa shape index (κ1) is 16.1. The number of rotatable bonds is 6. The summed E-state index contributed by atoms with van der Waals surface area (Å²) in [6, 6.07) is 0.844. The Bertz CT molecular complexity index is 622. The lowest BCUT2D eigenvalue weighted by Crippen LogP contribution is -2.36. The third kappa shape index (κ3) is 3.51. The molecule has 118 valence electrons. The van der Waals surface area contributed by atoms with Gasteiger partial charge in [-0.2, -0.15) is 0 Å². The van der Waals surface area contributed by atoms with E-state index >= 15 is 0 Å². The van der Waals surface area contributed by atoms with Gasteiger partial charge in [-0.1, -0.05) is 24.2 Å². The van der Waals surface area contributed by atoms with Gasteiger partial charge in [0, 0.05) is 12.1 Å². The average Bonchev–Trinajstić information content (AvgIpc) is 3.07. The second-order valence-electron chi connectivity index (χ2n) is 5.14. The molecule has 1 atom stereocenters.